The van der Waals surface area contributed by atoms with Crippen molar-refractivity contribution in [3.05, 3.63) is 324 Å². The van der Waals surface area contributed by atoms with E-state index in [1.54, 1.807) is 0 Å². The first kappa shape index (κ1) is 55.9. The number of hydrogen-bond donors (Lipinski definition) is 0. The summed E-state index contributed by atoms with van der Waals surface area (Å²) >= 11 is 2.49. The van der Waals surface area contributed by atoms with Gasteiger partial charge in [0.1, 0.15) is 0 Å². The summed E-state index contributed by atoms with van der Waals surface area (Å²) in [5.74, 6) is 1.80. The number of pyridine rings is 1. The van der Waals surface area contributed by atoms with Crippen molar-refractivity contribution >= 4 is 45.3 Å². The van der Waals surface area contributed by atoms with Crippen LogP contribution in [0.3, 0.4) is 0 Å². The summed E-state index contributed by atoms with van der Waals surface area (Å²) in [6, 6.07) is 111. The molecule has 0 spiro atoms. The summed E-state index contributed by atoms with van der Waals surface area (Å²) in [6.07, 6.45) is 2.02. The number of ether oxygens (including phenoxy) is 1. The molecule has 90 heavy (non-hydrogen) atoms. The van der Waals surface area contributed by atoms with E-state index in [9.17, 15) is 0 Å². The Labute approximate surface area is 536 Å². The van der Waals surface area contributed by atoms with Crippen molar-refractivity contribution in [1.29, 1.82) is 0 Å². The predicted molar refractivity (Wildman–Crippen MR) is 367 cm³/mol. The number of hydrogen-bond acceptors (Lipinski definition) is 4. The zero-order valence-corrected chi connectivity index (χ0v) is 52.5. The summed E-state index contributed by atoms with van der Waals surface area (Å²) in [6.45, 7) is 8.97. The van der Waals surface area contributed by atoms with Gasteiger partial charge in [-0.15, -0.1) is 0 Å². The van der Waals surface area contributed by atoms with E-state index in [1.807, 2.05) is 24.4 Å². The molecule has 12 aromatic carbocycles. The molecule has 436 valence electrons. The van der Waals surface area contributed by atoms with Crippen LogP contribution in [0, 0.1) is 22.9 Å². The molecule has 15 rings (SSSR count). The number of fused-ring (bicyclic) bond motifs is 7. The fourth-order valence-corrected chi connectivity index (χ4v) is 13.8. The number of aryl methyl sites for hydroxylation is 1. The minimum atomic E-state index is -0.0196. The van der Waals surface area contributed by atoms with Crippen molar-refractivity contribution < 1.29 is 24.1 Å². The molecule has 0 aliphatic carbocycles. The van der Waals surface area contributed by atoms with Crippen molar-refractivity contribution in [2.75, 3.05) is 9.80 Å². The molecule has 0 saturated carbocycles. The Kier molecular flexibility index (Phi) is 14.6. The first-order valence-corrected chi connectivity index (χ1v) is 31.6. The first-order valence-electron chi connectivity index (χ1n) is 30.4. The maximum absolute atomic E-state index is 7.13. The molecule has 0 fully saturated rings. The summed E-state index contributed by atoms with van der Waals surface area (Å²) in [5, 5.41) is 0. The van der Waals surface area contributed by atoms with Gasteiger partial charge in [-0.05, 0) is 64.4 Å². The second kappa shape index (κ2) is 23.5. The Bertz CT molecular complexity index is 4990. The molecule has 0 amide bonds. The second-order valence-corrected chi connectivity index (χ2v) is 24.8. The number of aromatic nitrogens is 3. The maximum atomic E-state index is 7.13. The topological polar surface area (TPSA) is 38.5 Å². The average Bonchev–Trinajstić information content (AvgIpc) is 1.53. The zero-order chi connectivity index (χ0) is 60.9. The molecule has 0 N–H and O–H groups in total. The molecule has 1 aliphatic heterocycles. The number of nitrogens with zero attached hydrogens (tertiary/aromatic N) is 5. The fourth-order valence-electron chi connectivity index (χ4n) is 12.7. The Morgan fingerprint density at radius 3 is 1.44 bits per heavy atom. The average molecular weight is 1340 g/mol. The van der Waals surface area contributed by atoms with Gasteiger partial charge in [-0.2, -0.15) is 0 Å². The molecule has 0 atom stereocenters. The van der Waals surface area contributed by atoms with E-state index in [0.29, 0.717) is 11.5 Å². The Hall–Kier alpha value is -10.7. The van der Waals surface area contributed by atoms with Crippen molar-refractivity contribution in [2.24, 2.45) is 0 Å². The summed E-state index contributed by atoms with van der Waals surface area (Å²) in [5.41, 5.74) is 24.3. The van der Waals surface area contributed by atoms with Crippen LogP contribution in [0.2, 0.25) is 0 Å². The van der Waals surface area contributed by atoms with Crippen molar-refractivity contribution in [3.63, 3.8) is 0 Å². The third-order valence-corrected chi connectivity index (χ3v) is 18.1. The van der Waals surface area contributed by atoms with E-state index in [2.05, 4.69) is 351 Å². The molecule has 0 unspecified atom stereocenters. The molecule has 3 heterocycles. The van der Waals surface area contributed by atoms with E-state index < -0.39 is 0 Å². The van der Waals surface area contributed by atoms with Crippen LogP contribution in [0.4, 0.5) is 34.3 Å². The Balaban J connectivity index is 0.903. The van der Waals surface area contributed by atoms with Gasteiger partial charge in [0.25, 0.3) is 0 Å². The van der Waals surface area contributed by atoms with Crippen molar-refractivity contribution in [1.82, 2.24) is 14.1 Å². The van der Waals surface area contributed by atoms with Crippen LogP contribution in [0.5, 0.6) is 11.5 Å². The van der Waals surface area contributed by atoms with Crippen LogP contribution in [0.1, 0.15) is 31.9 Å². The Morgan fingerprint density at radius 1 is 0.389 bits per heavy atom. The van der Waals surface area contributed by atoms with Crippen LogP contribution in [-0.4, -0.2) is 14.1 Å². The van der Waals surface area contributed by atoms with Crippen LogP contribution in [-0.2, 0) is 24.8 Å². The van der Waals surface area contributed by atoms with Gasteiger partial charge in [0, 0.05) is 23.0 Å². The third-order valence-electron chi connectivity index (χ3n) is 17.1. The minimum absolute atomic E-state index is 0.0196. The van der Waals surface area contributed by atoms with Gasteiger partial charge in [-0.1, -0.05) is 136 Å². The molecule has 0 bridgehead atoms. The molecule has 14 aromatic rings. The van der Waals surface area contributed by atoms with Crippen molar-refractivity contribution in [2.45, 2.75) is 33.1 Å². The molecule has 7 heteroatoms. The number of rotatable bonds is 10. The number of benzene rings is 12. The van der Waals surface area contributed by atoms with Crippen LogP contribution in [0.15, 0.2) is 297 Å². The van der Waals surface area contributed by atoms with Gasteiger partial charge >= 0.3 is 306 Å². The molecular formula is C83H61N5OPt-2. The smallest absolute Gasteiger partial charge is 0.0622 e. The van der Waals surface area contributed by atoms with Gasteiger partial charge < -0.3 is 4.90 Å². The zero-order valence-electron chi connectivity index (χ0n) is 50.3. The van der Waals surface area contributed by atoms with Gasteiger partial charge in [0.15, 0.2) is 0 Å². The third kappa shape index (κ3) is 10.3. The monoisotopic (exact) mass is 1340 g/mol. The number of imidazole rings is 1. The summed E-state index contributed by atoms with van der Waals surface area (Å²) in [7, 11) is 0. The van der Waals surface area contributed by atoms with Crippen LogP contribution in [0.25, 0.3) is 89.2 Å². The van der Waals surface area contributed by atoms with Crippen LogP contribution < -0.4 is 14.5 Å². The molecule has 2 aromatic heterocycles. The van der Waals surface area contributed by atoms with Gasteiger partial charge in [0.2, 0.25) is 0 Å². The van der Waals surface area contributed by atoms with Gasteiger partial charge in [0.05, 0.1) is 5.69 Å². The van der Waals surface area contributed by atoms with E-state index in [1.165, 1.54) is 16.7 Å². The van der Waals surface area contributed by atoms with Crippen molar-refractivity contribution in [3.8, 4) is 89.6 Å². The predicted octanol–water partition coefficient (Wildman–Crippen LogP) is 22.1. The van der Waals surface area contributed by atoms with Gasteiger partial charge in [-0.25, -0.2) is 0 Å². The quantitative estimate of drug-likeness (QED) is 0.128. The normalized spacial score (nSPS) is 12.0. The summed E-state index contributed by atoms with van der Waals surface area (Å²) in [4.78, 5) is 10.1. The second-order valence-electron chi connectivity index (χ2n) is 23.7. The molecule has 6 nitrogen and oxygen atoms in total. The summed E-state index contributed by atoms with van der Waals surface area (Å²) < 4.78 is 12.8. The fraction of sp³-hybridized carbons (Fsp3) is 0.0602. The standard InChI is InChI=1S/C83H61N5O.Pt/c1-57-52-81(84-55-74(57)62-44-42-59(43-45-62)58-24-8-5-9-25-58)88-77-39-19-16-33-71(77)70-32-14-17-37-75(70)87(64-48-46-63(47-49-64)83(2,3)4)76-38-18-15-34-72(76)73-51-50-67(54-80(73)88)89-66-31-22-30-65(53-66)85-56-86(79-41-21-20-40-78(79)85)82-68(60-26-10-6-11-27-60)35-23-36-69(82)61-28-12-7-13-29-61;/h5-52,55H,1-4H3;/q-2;. The van der Waals surface area contributed by atoms with Gasteiger partial charge in [-0.3, -0.25) is 0 Å². The molecule has 1 aliphatic rings. The molecule has 0 radical (unpaired) electrons. The number of para-hydroxylation sites is 6. The first-order chi connectivity index (χ1) is 44.1. The van der Waals surface area contributed by atoms with Crippen LogP contribution >= 0.6 is 0 Å². The minimum Gasteiger partial charge on any atom is -0.0622 e. The van der Waals surface area contributed by atoms with E-state index in [0.717, 1.165) is 122 Å². The molecule has 0 saturated heterocycles. The Morgan fingerprint density at radius 2 is 0.856 bits per heavy atom. The molecular weight excluding hydrogens is 1280 g/mol. The number of anilines is 6. The van der Waals surface area contributed by atoms with E-state index in [4.69, 9.17) is 9.72 Å². The SMILES string of the molecule is Cc1cc(N2c3[c-]c(Oc4[c-]c(-n5[c](=[Pt])n(-c6c(-c7ccccc7)cccc6-c6ccccc6)c6ccccc65)ccc4)ccc3-c3ccccc3N(c3ccc(C(C)(C)C)cc3)c3ccccc3-c3ccccc32)ncc1-c1ccc(-c2ccccc2)cc1. The van der Waals surface area contributed by atoms with E-state index >= 15 is 0 Å². The van der Waals surface area contributed by atoms with E-state index in [-0.39, 0.29) is 5.41 Å².